The summed E-state index contributed by atoms with van der Waals surface area (Å²) in [6.07, 6.45) is 1.13. The van der Waals surface area contributed by atoms with Gasteiger partial charge in [0.05, 0.1) is 11.9 Å². The Bertz CT molecular complexity index is 1320. The molecule has 0 radical (unpaired) electrons. The van der Waals surface area contributed by atoms with E-state index in [0.717, 1.165) is 32.2 Å². The average molecular weight is 591 g/mol. The molecule has 0 saturated heterocycles. The molecule has 3 aromatic rings. The minimum Gasteiger partial charge on any atom is -0.355 e. The zero-order chi connectivity index (χ0) is 27.0. The molecule has 7 nitrogen and oxygen atoms in total. The number of benzene rings is 3. The zero-order valence-electron chi connectivity index (χ0n) is 20.6. The van der Waals surface area contributed by atoms with E-state index in [1.807, 2.05) is 54.6 Å². The van der Waals surface area contributed by atoms with Gasteiger partial charge in [0.1, 0.15) is 18.4 Å². The molecule has 0 spiro atoms. The molecule has 0 aliphatic carbocycles. The van der Waals surface area contributed by atoms with Crippen LogP contribution < -0.4 is 9.62 Å². The first-order valence-corrected chi connectivity index (χ1v) is 14.3. The van der Waals surface area contributed by atoms with Crippen molar-refractivity contribution in [1.29, 1.82) is 0 Å². The van der Waals surface area contributed by atoms with Crippen molar-refractivity contribution in [3.05, 3.63) is 100 Å². The lowest BCUT2D eigenvalue weighted by Gasteiger charge is -2.33. The van der Waals surface area contributed by atoms with Crippen LogP contribution >= 0.6 is 15.9 Å². The number of nitrogens with one attached hydrogen (secondary N) is 1. The fraction of sp³-hybridized carbons (Fsp3) is 0.259. The van der Waals surface area contributed by atoms with E-state index in [-0.39, 0.29) is 24.6 Å². The largest absolute Gasteiger partial charge is 0.355 e. The summed E-state index contributed by atoms with van der Waals surface area (Å²) < 4.78 is 41.4. The summed E-state index contributed by atoms with van der Waals surface area (Å²) in [5.41, 5.74) is 1.34. The molecule has 0 bridgehead atoms. The second kappa shape index (κ2) is 12.8. The lowest BCUT2D eigenvalue weighted by molar-refractivity contribution is -0.140. The van der Waals surface area contributed by atoms with Gasteiger partial charge in [-0.3, -0.25) is 13.9 Å². The van der Waals surface area contributed by atoms with E-state index in [4.69, 9.17) is 0 Å². The molecule has 0 aliphatic heterocycles. The first-order chi connectivity index (χ1) is 17.6. The molecule has 3 rings (SSSR count). The van der Waals surface area contributed by atoms with Gasteiger partial charge >= 0.3 is 0 Å². The molecule has 0 aliphatic rings. The Morgan fingerprint density at radius 1 is 0.946 bits per heavy atom. The lowest BCUT2D eigenvalue weighted by atomic mass is 10.0. The normalized spacial score (nSPS) is 12.0. The summed E-state index contributed by atoms with van der Waals surface area (Å²) in [5.74, 6) is -1.78. The monoisotopic (exact) mass is 589 g/mol. The smallest absolute Gasteiger partial charge is 0.244 e. The number of anilines is 1. The Morgan fingerprint density at radius 2 is 1.57 bits per heavy atom. The number of nitrogens with zero attached hydrogens (tertiary/aromatic N) is 2. The van der Waals surface area contributed by atoms with E-state index in [1.54, 1.807) is 6.92 Å². The minimum atomic E-state index is -4.02. The lowest BCUT2D eigenvalue weighted by Crippen LogP contribution is -2.53. The maximum absolute atomic E-state index is 14.6. The van der Waals surface area contributed by atoms with Crippen molar-refractivity contribution < 1.29 is 22.4 Å². The Balaban J connectivity index is 2.04. The van der Waals surface area contributed by atoms with E-state index in [0.29, 0.717) is 6.54 Å². The molecule has 10 heteroatoms. The molecule has 2 amide bonds. The number of carbonyl (C=O) groups is 2. The van der Waals surface area contributed by atoms with Gasteiger partial charge in [0.2, 0.25) is 21.8 Å². The Morgan fingerprint density at radius 3 is 2.16 bits per heavy atom. The van der Waals surface area contributed by atoms with Crippen LogP contribution in [0.15, 0.2) is 83.3 Å². The number of rotatable bonds is 11. The van der Waals surface area contributed by atoms with Crippen molar-refractivity contribution in [2.45, 2.75) is 25.9 Å². The predicted octanol–water partition coefficient (Wildman–Crippen LogP) is 4.13. The molecular weight excluding hydrogens is 561 g/mol. The highest BCUT2D eigenvalue weighted by molar-refractivity contribution is 9.10. The maximum atomic E-state index is 14.6. The maximum Gasteiger partial charge on any atom is 0.244 e. The van der Waals surface area contributed by atoms with Crippen LogP contribution in [-0.2, 0) is 32.6 Å². The molecule has 0 saturated carbocycles. The fourth-order valence-electron chi connectivity index (χ4n) is 3.88. The molecule has 0 unspecified atom stereocenters. The van der Waals surface area contributed by atoms with E-state index in [9.17, 15) is 22.4 Å². The highest BCUT2D eigenvalue weighted by Crippen LogP contribution is 2.23. The van der Waals surface area contributed by atoms with Crippen molar-refractivity contribution in [1.82, 2.24) is 10.2 Å². The number of hydrogen-bond acceptors (Lipinski definition) is 4. The third-order valence-corrected chi connectivity index (χ3v) is 7.34. The van der Waals surface area contributed by atoms with Crippen LogP contribution in [0.1, 0.15) is 18.1 Å². The number of hydrogen-bond donors (Lipinski definition) is 1. The third-order valence-electron chi connectivity index (χ3n) is 5.69. The Labute approximate surface area is 225 Å². The van der Waals surface area contributed by atoms with Crippen molar-refractivity contribution in [3.8, 4) is 0 Å². The minimum absolute atomic E-state index is 0.0512. The van der Waals surface area contributed by atoms with Crippen LogP contribution in [0.25, 0.3) is 0 Å². The van der Waals surface area contributed by atoms with Crippen molar-refractivity contribution in [2.24, 2.45) is 0 Å². The van der Waals surface area contributed by atoms with Crippen LogP contribution in [0, 0.1) is 5.82 Å². The summed E-state index contributed by atoms with van der Waals surface area (Å²) in [6.45, 7) is 1.52. The number of carbonyl (C=O) groups excluding carboxylic acids is 2. The molecule has 0 aromatic heterocycles. The summed E-state index contributed by atoms with van der Waals surface area (Å²) >= 11 is 3.39. The quantitative estimate of drug-likeness (QED) is 0.364. The molecular formula is C27H29BrFN3O4S. The van der Waals surface area contributed by atoms with Gasteiger partial charge in [0.15, 0.2) is 0 Å². The summed E-state index contributed by atoms with van der Waals surface area (Å²) in [4.78, 5) is 28.4. The summed E-state index contributed by atoms with van der Waals surface area (Å²) in [7, 11) is -4.02. The van der Waals surface area contributed by atoms with Crippen molar-refractivity contribution in [3.63, 3.8) is 0 Å². The highest BCUT2D eigenvalue weighted by Gasteiger charge is 2.33. The topological polar surface area (TPSA) is 86.8 Å². The number of likely N-dealkylation sites (N-methyl/N-ethyl adjacent to an activating group) is 1. The second-order valence-corrected chi connectivity index (χ2v) is 11.3. The molecule has 0 fully saturated rings. The molecule has 0 heterocycles. The van der Waals surface area contributed by atoms with Crippen LogP contribution in [0.3, 0.4) is 0 Å². The number of sulfonamides is 1. The molecule has 3 aromatic carbocycles. The van der Waals surface area contributed by atoms with Crippen LogP contribution in [0.2, 0.25) is 0 Å². The molecule has 37 heavy (non-hydrogen) atoms. The van der Waals surface area contributed by atoms with Crippen LogP contribution in [0.5, 0.6) is 0 Å². The van der Waals surface area contributed by atoms with Crippen molar-refractivity contribution >= 4 is 43.5 Å². The predicted molar refractivity (Wildman–Crippen MR) is 146 cm³/mol. The zero-order valence-corrected chi connectivity index (χ0v) is 23.0. The summed E-state index contributed by atoms with van der Waals surface area (Å²) in [5, 5.41) is 2.79. The van der Waals surface area contributed by atoms with E-state index in [2.05, 4.69) is 21.2 Å². The highest BCUT2D eigenvalue weighted by atomic mass is 79.9. The second-order valence-electron chi connectivity index (χ2n) is 8.47. The SMILES string of the molecule is CCNC(=O)[C@H](Cc1ccccc1)N(Cc1ccc(Br)cc1)C(=O)CN(c1ccccc1F)S(C)(=O)=O. The van der Waals surface area contributed by atoms with Gasteiger partial charge in [-0.25, -0.2) is 12.8 Å². The third kappa shape index (κ3) is 7.87. The number of amides is 2. The van der Waals surface area contributed by atoms with Gasteiger partial charge in [-0.1, -0.05) is 70.5 Å². The van der Waals surface area contributed by atoms with Gasteiger partial charge in [-0.05, 0) is 42.3 Å². The van der Waals surface area contributed by atoms with Crippen LogP contribution in [-0.4, -0.2) is 50.5 Å². The van der Waals surface area contributed by atoms with Crippen molar-refractivity contribution in [2.75, 3.05) is 23.7 Å². The van der Waals surface area contributed by atoms with Gasteiger partial charge in [-0.2, -0.15) is 0 Å². The number of halogens is 2. The van der Waals surface area contributed by atoms with Gasteiger partial charge in [-0.15, -0.1) is 0 Å². The molecule has 1 N–H and O–H groups in total. The van der Waals surface area contributed by atoms with E-state index in [1.165, 1.54) is 23.1 Å². The molecule has 1 atom stereocenters. The van der Waals surface area contributed by atoms with Gasteiger partial charge in [0.25, 0.3) is 0 Å². The van der Waals surface area contributed by atoms with Crippen LogP contribution in [0.4, 0.5) is 10.1 Å². The first-order valence-electron chi connectivity index (χ1n) is 11.7. The van der Waals surface area contributed by atoms with E-state index >= 15 is 0 Å². The summed E-state index contributed by atoms with van der Waals surface area (Å²) in [6, 6.07) is 20.9. The standard InChI is InChI=1S/C27H29BrFN3O4S/c1-3-30-27(34)25(17-20-9-5-4-6-10-20)31(18-21-13-15-22(28)16-14-21)26(33)19-32(37(2,35)36)24-12-8-7-11-23(24)29/h4-16,25H,3,17-19H2,1-2H3,(H,30,34)/t25-/m0/s1. The fourth-order valence-corrected chi connectivity index (χ4v) is 5.00. The Kier molecular flexibility index (Phi) is 9.82. The number of para-hydroxylation sites is 1. The first kappa shape index (κ1) is 28.3. The van der Waals surface area contributed by atoms with E-state index < -0.39 is 34.3 Å². The molecule has 196 valence electrons. The Hall–Kier alpha value is -3.24. The average Bonchev–Trinajstić information content (AvgIpc) is 2.86. The van der Waals surface area contributed by atoms with Gasteiger partial charge < -0.3 is 10.2 Å². The van der Waals surface area contributed by atoms with Gasteiger partial charge in [0, 0.05) is 24.0 Å².